The fourth-order valence-corrected chi connectivity index (χ4v) is 3.89. The molecule has 0 spiro atoms. The second-order valence-electron chi connectivity index (χ2n) is 5.89. The van der Waals surface area contributed by atoms with E-state index in [1.165, 1.54) is 50.1 Å². The predicted octanol–water partition coefficient (Wildman–Crippen LogP) is 3.32. The molecule has 2 heterocycles. The molecule has 0 fully saturated rings. The molecule has 0 saturated heterocycles. The van der Waals surface area contributed by atoms with Crippen LogP contribution in [0.25, 0.3) is 10.6 Å². The van der Waals surface area contributed by atoms with Gasteiger partial charge in [0.1, 0.15) is 5.01 Å². The first-order valence-electron chi connectivity index (χ1n) is 7.64. The Kier molecular flexibility index (Phi) is 5.10. The molecule has 6 nitrogen and oxygen atoms in total. The van der Waals surface area contributed by atoms with Crippen LogP contribution in [-0.2, 0) is 22.7 Å². The topological polar surface area (TPSA) is 68.1 Å². The molecule has 3 rings (SSSR count). The van der Waals surface area contributed by atoms with Crippen LogP contribution in [0.2, 0.25) is 0 Å². The van der Waals surface area contributed by atoms with E-state index in [0.717, 1.165) is 16.4 Å². The summed E-state index contributed by atoms with van der Waals surface area (Å²) in [4.78, 5) is 8.31. The Bertz CT molecular complexity index is 1040. The van der Waals surface area contributed by atoms with Crippen LogP contribution in [0.15, 0.2) is 47.2 Å². The molecule has 0 amide bonds. The minimum Gasteiger partial charge on any atom is -0.330 e. The van der Waals surface area contributed by atoms with E-state index in [2.05, 4.69) is 9.97 Å². The lowest BCUT2D eigenvalue weighted by molar-refractivity contribution is -0.137. The maximum atomic E-state index is 12.6. The van der Waals surface area contributed by atoms with Crippen LogP contribution in [0.4, 0.5) is 13.2 Å². The Labute approximate surface area is 158 Å². The van der Waals surface area contributed by atoms with E-state index in [1.54, 1.807) is 9.95 Å². The van der Waals surface area contributed by atoms with Gasteiger partial charge >= 0.3 is 6.18 Å². The van der Waals surface area contributed by atoms with Gasteiger partial charge in [-0.05, 0) is 12.1 Å². The molecule has 0 saturated carbocycles. The zero-order valence-electron chi connectivity index (χ0n) is 14.3. The van der Waals surface area contributed by atoms with Crippen LogP contribution in [0, 0.1) is 0 Å². The summed E-state index contributed by atoms with van der Waals surface area (Å²) in [6.45, 7) is 0.299. The van der Waals surface area contributed by atoms with E-state index in [-0.39, 0.29) is 5.03 Å². The maximum absolute atomic E-state index is 12.6. The normalized spacial score (nSPS) is 12.7. The van der Waals surface area contributed by atoms with Gasteiger partial charge in [-0.2, -0.15) is 13.2 Å². The molecule has 0 aliphatic heterocycles. The minimum absolute atomic E-state index is 0.0642. The van der Waals surface area contributed by atoms with E-state index in [0.29, 0.717) is 22.8 Å². The Balaban J connectivity index is 1.76. The Morgan fingerprint density at radius 2 is 1.85 bits per heavy atom. The van der Waals surface area contributed by atoms with E-state index in [9.17, 15) is 21.6 Å². The van der Waals surface area contributed by atoms with Gasteiger partial charge in [0.2, 0.25) is 0 Å². The van der Waals surface area contributed by atoms with Gasteiger partial charge in [0, 0.05) is 31.2 Å². The Morgan fingerprint density at radius 3 is 2.44 bits per heavy atom. The Hall–Kier alpha value is -2.24. The molecule has 0 unspecified atom stereocenters. The van der Waals surface area contributed by atoms with E-state index < -0.39 is 21.8 Å². The van der Waals surface area contributed by atoms with Gasteiger partial charge in [-0.15, -0.1) is 11.3 Å². The molecule has 0 aliphatic rings. The van der Waals surface area contributed by atoms with Crippen molar-refractivity contribution in [1.82, 2.24) is 18.8 Å². The minimum atomic E-state index is -4.38. The van der Waals surface area contributed by atoms with Gasteiger partial charge < -0.3 is 4.57 Å². The van der Waals surface area contributed by atoms with Gasteiger partial charge in [0.15, 0.2) is 5.03 Å². The molecule has 27 heavy (non-hydrogen) atoms. The number of rotatable bonds is 5. The zero-order valence-corrected chi connectivity index (χ0v) is 15.9. The van der Waals surface area contributed by atoms with E-state index >= 15 is 0 Å². The van der Waals surface area contributed by atoms with Crippen molar-refractivity contribution in [2.75, 3.05) is 14.1 Å². The van der Waals surface area contributed by atoms with Gasteiger partial charge in [-0.1, -0.05) is 12.1 Å². The van der Waals surface area contributed by atoms with Crippen molar-refractivity contribution in [3.05, 3.63) is 53.4 Å². The van der Waals surface area contributed by atoms with Crippen LogP contribution in [0.1, 0.15) is 11.3 Å². The summed E-state index contributed by atoms with van der Waals surface area (Å²) in [5.74, 6) is 0. The standard InChI is InChI=1S/C16H15F3N4O2S2/c1-22(2)27(24,25)14-8-23(10-20-14)7-13-9-26-15(21-13)11-3-5-12(6-4-11)16(17,18)19/h3-6,8-10H,7H2,1-2H3. The quantitative estimate of drug-likeness (QED) is 0.640. The highest BCUT2D eigenvalue weighted by atomic mass is 32.2. The summed E-state index contributed by atoms with van der Waals surface area (Å²) < 4.78 is 64.7. The fraction of sp³-hybridized carbons (Fsp3) is 0.250. The van der Waals surface area contributed by atoms with Crippen molar-refractivity contribution in [3.8, 4) is 10.6 Å². The largest absolute Gasteiger partial charge is 0.416 e. The lowest BCUT2D eigenvalue weighted by Gasteiger charge is -2.07. The van der Waals surface area contributed by atoms with Crippen LogP contribution in [0.5, 0.6) is 0 Å². The molecule has 0 radical (unpaired) electrons. The van der Waals surface area contributed by atoms with Crippen LogP contribution >= 0.6 is 11.3 Å². The average molecular weight is 416 g/mol. The molecule has 11 heteroatoms. The predicted molar refractivity (Wildman–Crippen MR) is 94.8 cm³/mol. The van der Waals surface area contributed by atoms with Gasteiger partial charge in [-0.25, -0.2) is 22.7 Å². The fourth-order valence-electron chi connectivity index (χ4n) is 2.25. The highest BCUT2D eigenvalue weighted by Gasteiger charge is 2.30. The third kappa shape index (κ3) is 4.20. The van der Waals surface area contributed by atoms with Crippen molar-refractivity contribution in [2.24, 2.45) is 0 Å². The second kappa shape index (κ2) is 7.06. The third-order valence-electron chi connectivity index (χ3n) is 3.71. The number of hydrogen-bond donors (Lipinski definition) is 0. The molecule has 144 valence electrons. The SMILES string of the molecule is CN(C)S(=O)(=O)c1cn(Cc2csc(-c3ccc(C(F)(F)F)cc3)n2)cn1. The summed E-state index contributed by atoms with van der Waals surface area (Å²) in [6, 6.07) is 4.80. The zero-order chi connectivity index (χ0) is 19.8. The molecule has 0 bridgehead atoms. The summed E-state index contributed by atoms with van der Waals surface area (Å²) in [5.41, 5.74) is 0.526. The molecular formula is C16H15F3N4O2S2. The number of alkyl halides is 3. The third-order valence-corrected chi connectivity index (χ3v) is 6.35. The maximum Gasteiger partial charge on any atom is 0.416 e. The lowest BCUT2D eigenvalue weighted by Crippen LogP contribution is -2.22. The van der Waals surface area contributed by atoms with E-state index in [4.69, 9.17) is 0 Å². The van der Waals surface area contributed by atoms with Gasteiger partial charge in [-0.3, -0.25) is 0 Å². The second-order valence-corrected chi connectivity index (χ2v) is 8.85. The molecule has 0 aliphatic carbocycles. The number of thiazole rings is 1. The lowest BCUT2D eigenvalue weighted by atomic mass is 10.1. The van der Waals surface area contributed by atoms with Crippen LogP contribution in [-0.4, -0.2) is 41.4 Å². The van der Waals surface area contributed by atoms with E-state index in [1.807, 2.05) is 0 Å². The summed E-state index contributed by atoms with van der Waals surface area (Å²) in [7, 11) is -0.767. The highest BCUT2D eigenvalue weighted by Crippen LogP contribution is 2.31. The van der Waals surface area contributed by atoms with Crippen molar-refractivity contribution in [2.45, 2.75) is 17.7 Å². The first-order chi connectivity index (χ1) is 12.6. The number of benzene rings is 1. The molecule has 1 aromatic carbocycles. The summed E-state index contributed by atoms with van der Waals surface area (Å²) in [6.07, 6.45) is -1.57. The van der Waals surface area contributed by atoms with Crippen molar-refractivity contribution in [3.63, 3.8) is 0 Å². The molecule has 2 aromatic heterocycles. The monoisotopic (exact) mass is 416 g/mol. The van der Waals surface area contributed by atoms with Crippen LogP contribution in [0.3, 0.4) is 0 Å². The number of sulfonamides is 1. The number of aromatic nitrogens is 3. The van der Waals surface area contributed by atoms with Crippen molar-refractivity contribution >= 4 is 21.4 Å². The first kappa shape index (κ1) is 19.5. The molecule has 0 N–H and O–H groups in total. The highest BCUT2D eigenvalue weighted by molar-refractivity contribution is 7.89. The summed E-state index contributed by atoms with van der Waals surface area (Å²) in [5, 5.41) is 2.29. The molecular weight excluding hydrogens is 401 g/mol. The number of halogens is 3. The van der Waals surface area contributed by atoms with Crippen LogP contribution < -0.4 is 0 Å². The van der Waals surface area contributed by atoms with Gasteiger partial charge in [0.25, 0.3) is 10.0 Å². The average Bonchev–Trinajstić information content (AvgIpc) is 3.24. The summed E-state index contributed by atoms with van der Waals surface area (Å²) >= 11 is 1.30. The number of imidazole rings is 1. The first-order valence-corrected chi connectivity index (χ1v) is 9.95. The Morgan fingerprint density at radius 1 is 1.19 bits per heavy atom. The molecule has 0 atom stereocenters. The molecule has 3 aromatic rings. The number of nitrogens with zero attached hydrogens (tertiary/aromatic N) is 4. The smallest absolute Gasteiger partial charge is 0.330 e. The van der Waals surface area contributed by atoms with Crippen molar-refractivity contribution < 1.29 is 21.6 Å². The van der Waals surface area contributed by atoms with Crippen molar-refractivity contribution in [1.29, 1.82) is 0 Å². The number of hydrogen-bond acceptors (Lipinski definition) is 5. The van der Waals surface area contributed by atoms with Gasteiger partial charge in [0.05, 0.1) is 24.1 Å².